The van der Waals surface area contributed by atoms with Crippen molar-refractivity contribution in [3.05, 3.63) is 46.5 Å². The molecule has 0 saturated carbocycles. The molecule has 23 heavy (non-hydrogen) atoms. The molecule has 1 aromatic heterocycles. The molecule has 2 aromatic rings. The highest BCUT2D eigenvalue weighted by molar-refractivity contribution is 7.15. The van der Waals surface area contributed by atoms with Crippen molar-refractivity contribution in [2.24, 2.45) is 0 Å². The minimum absolute atomic E-state index is 0.249. The highest BCUT2D eigenvalue weighted by atomic mass is 32.1. The molecule has 122 valence electrons. The minimum atomic E-state index is -0.955. The highest BCUT2D eigenvalue weighted by Gasteiger charge is 2.17. The summed E-state index contributed by atoms with van der Waals surface area (Å²) >= 11 is 1.33. The first-order chi connectivity index (χ1) is 10.7. The van der Waals surface area contributed by atoms with Gasteiger partial charge in [-0.2, -0.15) is 0 Å². The first-order valence-electron chi connectivity index (χ1n) is 7.00. The molecule has 1 aromatic carbocycles. The van der Waals surface area contributed by atoms with Crippen molar-refractivity contribution in [1.82, 2.24) is 4.98 Å². The first kappa shape index (κ1) is 17.0. The van der Waals surface area contributed by atoms with E-state index in [1.807, 2.05) is 6.07 Å². The number of ether oxygens (including phenoxy) is 1. The standard InChI is InChI=1S/C16H18N2O4S/c1-16(2,3)22-15(21)18-14-17-9-12(23-14)8-10-5-4-6-11(7-10)13(19)20/h4-7,9H,8H2,1-3H3,(H,19,20)(H,17,18,21). The molecule has 6 nitrogen and oxygen atoms in total. The summed E-state index contributed by atoms with van der Waals surface area (Å²) in [6.07, 6.45) is 1.66. The molecule has 1 heterocycles. The summed E-state index contributed by atoms with van der Waals surface area (Å²) in [4.78, 5) is 27.7. The summed E-state index contributed by atoms with van der Waals surface area (Å²) in [5.74, 6) is -0.955. The van der Waals surface area contributed by atoms with Gasteiger partial charge in [-0.05, 0) is 38.5 Å². The Balaban J connectivity index is 2.01. The third kappa shape index (κ3) is 5.37. The van der Waals surface area contributed by atoms with E-state index >= 15 is 0 Å². The lowest BCUT2D eigenvalue weighted by molar-refractivity contribution is 0.0634. The van der Waals surface area contributed by atoms with Gasteiger partial charge in [0.1, 0.15) is 5.60 Å². The fraction of sp³-hybridized carbons (Fsp3) is 0.312. The van der Waals surface area contributed by atoms with Gasteiger partial charge in [-0.25, -0.2) is 14.6 Å². The predicted molar refractivity (Wildman–Crippen MR) is 88.2 cm³/mol. The lowest BCUT2D eigenvalue weighted by Gasteiger charge is -2.18. The van der Waals surface area contributed by atoms with E-state index in [2.05, 4.69) is 10.3 Å². The van der Waals surface area contributed by atoms with Gasteiger partial charge in [0.25, 0.3) is 0 Å². The average Bonchev–Trinajstić information content (AvgIpc) is 2.83. The number of carbonyl (C=O) groups excluding carboxylic acids is 1. The average molecular weight is 334 g/mol. The van der Waals surface area contributed by atoms with E-state index in [4.69, 9.17) is 9.84 Å². The second-order valence-electron chi connectivity index (χ2n) is 5.94. The van der Waals surface area contributed by atoms with Crippen molar-refractivity contribution >= 4 is 28.5 Å². The Morgan fingerprint density at radius 2 is 2.09 bits per heavy atom. The van der Waals surface area contributed by atoms with Crippen LogP contribution in [-0.2, 0) is 11.2 Å². The number of thiazole rings is 1. The van der Waals surface area contributed by atoms with Gasteiger partial charge in [-0.15, -0.1) is 11.3 Å². The molecule has 2 N–H and O–H groups in total. The van der Waals surface area contributed by atoms with Crippen molar-refractivity contribution in [3.8, 4) is 0 Å². The Morgan fingerprint density at radius 3 is 2.74 bits per heavy atom. The molecule has 0 aliphatic rings. The summed E-state index contributed by atoms with van der Waals surface area (Å²) in [6.45, 7) is 5.36. The number of amides is 1. The van der Waals surface area contributed by atoms with Crippen molar-refractivity contribution in [1.29, 1.82) is 0 Å². The van der Waals surface area contributed by atoms with Crippen LogP contribution in [0.15, 0.2) is 30.5 Å². The molecular formula is C16H18N2O4S. The van der Waals surface area contributed by atoms with Crippen LogP contribution in [0.4, 0.5) is 9.93 Å². The van der Waals surface area contributed by atoms with Gasteiger partial charge in [0.15, 0.2) is 5.13 Å². The van der Waals surface area contributed by atoms with Crippen LogP contribution in [0, 0.1) is 0 Å². The van der Waals surface area contributed by atoms with Crippen LogP contribution in [0.3, 0.4) is 0 Å². The zero-order chi connectivity index (χ0) is 17.0. The van der Waals surface area contributed by atoms with Crippen LogP contribution < -0.4 is 5.32 Å². The fourth-order valence-corrected chi connectivity index (χ4v) is 2.69. The third-order valence-corrected chi connectivity index (χ3v) is 3.63. The number of carboxylic acid groups (broad SMARTS) is 1. The summed E-state index contributed by atoms with van der Waals surface area (Å²) in [5, 5.41) is 12.0. The zero-order valence-corrected chi connectivity index (χ0v) is 13.9. The van der Waals surface area contributed by atoms with Crippen molar-refractivity contribution in [2.75, 3.05) is 5.32 Å². The first-order valence-corrected chi connectivity index (χ1v) is 7.81. The largest absolute Gasteiger partial charge is 0.478 e. The number of nitrogens with one attached hydrogen (secondary N) is 1. The monoisotopic (exact) mass is 334 g/mol. The number of carboxylic acids is 1. The van der Waals surface area contributed by atoms with E-state index in [1.165, 1.54) is 11.3 Å². The van der Waals surface area contributed by atoms with Crippen LogP contribution in [0.5, 0.6) is 0 Å². The Kier molecular flexibility index (Phi) is 5.00. The van der Waals surface area contributed by atoms with E-state index in [-0.39, 0.29) is 5.56 Å². The number of anilines is 1. The molecular weight excluding hydrogens is 316 g/mol. The zero-order valence-electron chi connectivity index (χ0n) is 13.1. The van der Waals surface area contributed by atoms with Crippen LogP contribution in [0.25, 0.3) is 0 Å². The topological polar surface area (TPSA) is 88.5 Å². The number of nitrogens with zero attached hydrogens (tertiary/aromatic N) is 1. The molecule has 0 fully saturated rings. The summed E-state index contributed by atoms with van der Waals surface area (Å²) < 4.78 is 5.16. The maximum Gasteiger partial charge on any atom is 0.413 e. The molecule has 0 saturated heterocycles. The van der Waals surface area contributed by atoms with E-state index in [0.717, 1.165) is 10.4 Å². The van der Waals surface area contributed by atoms with Gasteiger partial charge in [-0.1, -0.05) is 12.1 Å². The number of carbonyl (C=O) groups is 2. The molecule has 0 radical (unpaired) electrons. The summed E-state index contributed by atoms with van der Waals surface area (Å²) in [6, 6.07) is 6.74. The van der Waals surface area contributed by atoms with E-state index < -0.39 is 17.7 Å². The molecule has 1 amide bonds. The number of hydrogen-bond donors (Lipinski definition) is 2. The Hall–Kier alpha value is -2.41. The van der Waals surface area contributed by atoms with Gasteiger partial charge < -0.3 is 9.84 Å². The number of aromatic nitrogens is 1. The molecule has 0 aliphatic heterocycles. The van der Waals surface area contributed by atoms with Gasteiger partial charge in [0.2, 0.25) is 0 Å². The quantitative estimate of drug-likeness (QED) is 0.888. The summed E-state index contributed by atoms with van der Waals surface area (Å²) in [7, 11) is 0. The Labute approximate surface area is 138 Å². The van der Waals surface area contributed by atoms with E-state index in [9.17, 15) is 9.59 Å². The maximum absolute atomic E-state index is 11.7. The van der Waals surface area contributed by atoms with Crippen LogP contribution >= 0.6 is 11.3 Å². The molecule has 7 heteroatoms. The van der Waals surface area contributed by atoms with Crippen molar-refractivity contribution in [2.45, 2.75) is 32.8 Å². The van der Waals surface area contributed by atoms with Crippen LogP contribution in [-0.4, -0.2) is 27.8 Å². The SMILES string of the molecule is CC(C)(C)OC(=O)Nc1ncc(Cc2cccc(C(=O)O)c2)s1. The molecule has 0 atom stereocenters. The van der Waals surface area contributed by atoms with Crippen molar-refractivity contribution in [3.63, 3.8) is 0 Å². The van der Waals surface area contributed by atoms with Gasteiger partial charge in [0, 0.05) is 17.5 Å². The van der Waals surface area contributed by atoms with E-state index in [1.54, 1.807) is 45.2 Å². The van der Waals surface area contributed by atoms with Crippen molar-refractivity contribution < 1.29 is 19.4 Å². The van der Waals surface area contributed by atoms with Crippen LogP contribution in [0.1, 0.15) is 41.6 Å². The summed E-state index contributed by atoms with van der Waals surface area (Å²) in [5.41, 5.74) is 0.554. The molecule has 2 rings (SSSR count). The second-order valence-corrected chi connectivity index (χ2v) is 7.06. The van der Waals surface area contributed by atoms with Gasteiger partial charge >= 0.3 is 12.1 Å². The Morgan fingerprint density at radius 1 is 1.35 bits per heavy atom. The smallest absolute Gasteiger partial charge is 0.413 e. The van der Waals surface area contributed by atoms with Gasteiger partial charge in [-0.3, -0.25) is 5.32 Å². The minimum Gasteiger partial charge on any atom is -0.478 e. The number of benzene rings is 1. The van der Waals surface area contributed by atoms with E-state index in [0.29, 0.717) is 11.6 Å². The normalized spacial score (nSPS) is 11.1. The maximum atomic E-state index is 11.7. The Bertz CT molecular complexity index is 719. The molecule has 0 unspecified atom stereocenters. The van der Waals surface area contributed by atoms with Gasteiger partial charge in [0.05, 0.1) is 5.56 Å². The molecule has 0 spiro atoms. The number of hydrogen-bond acceptors (Lipinski definition) is 5. The third-order valence-electron chi connectivity index (χ3n) is 2.71. The van der Waals surface area contributed by atoms with Crippen LogP contribution in [0.2, 0.25) is 0 Å². The lowest BCUT2D eigenvalue weighted by atomic mass is 10.1. The lowest BCUT2D eigenvalue weighted by Crippen LogP contribution is -2.27. The fourth-order valence-electron chi connectivity index (χ4n) is 1.85. The predicted octanol–water partition coefficient (Wildman–Crippen LogP) is 3.78. The molecule has 0 bridgehead atoms. The number of rotatable bonds is 4. The molecule has 0 aliphatic carbocycles. The highest BCUT2D eigenvalue weighted by Crippen LogP contribution is 2.22. The second kappa shape index (κ2) is 6.78. The number of aromatic carboxylic acids is 1.